The first-order valence-electron chi connectivity index (χ1n) is 4.50. The van der Waals surface area contributed by atoms with Gasteiger partial charge in [0.2, 0.25) is 10.0 Å². The molecule has 1 aromatic carbocycles. The molecule has 2 aromatic rings. The van der Waals surface area contributed by atoms with Crippen molar-refractivity contribution in [3.8, 4) is 0 Å². The third-order valence-electron chi connectivity index (χ3n) is 2.08. The van der Waals surface area contributed by atoms with E-state index in [9.17, 15) is 8.42 Å². The van der Waals surface area contributed by atoms with E-state index in [1.807, 2.05) is 0 Å². The van der Waals surface area contributed by atoms with Crippen LogP contribution in [0.15, 0.2) is 41.8 Å². The number of primary sulfonamides is 1. The Morgan fingerprint density at radius 3 is 2.69 bits per heavy atom. The maximum Gasteiger partial charge on any atom is 0.238 e. The van der Waals surface area contributed by atoms with Crippen molar-refractivity contribution in [2.75, 3.05) is 0 Å². The lowest BCUT2D eigenvalue weighted by molar-refractivity contribution is 0.594. The van der Waals surface area contributed by atoms with Crippen molar-refractivity contribution < 1.29 is 8.42 Å². The van der Waals surface area contributed by atoms with Gasteiger partial charge in [-0.2, -0.15) is 5.10 Å². The first-order valence-corrected chi connectivity index (χ1v) is 6.05. The molecule has 0 amide bonds. The van der Waals surface area contributed by atoms with Gasteiger partial charge in [0.05, 0.1) is 11.4 Å². The summed E-state index contributed by atoms with van der Waals surface area (Å²) < 4.78 is 24.2. The van der Waals surface area contributed by atoms with E-state index < -0.39 is 10.0 Å². The van der Waals surface area contributed by atoms with Gasteiger partial charge in [0, 0.05) is 0 Å². The van der Waals surface area contributed by atoms with Crippen molar-refractivity contribution in [1.82, 2.24) is 14.8 Å². The fraction of sp³-hybridized carbons (Fsp3) is 0.111. The topological polar surface area (TPSA) is 90.9 Å². The molecule has 0 atom stereocenters. The van der Waals surface area contributed by atoms with E-state index in [0.29, 0.717) is 12.1 Å². The van der Waals surface area contributed by atoms with Gasteiger partial charge in [0.25, 0.3) is 0 Å². The van der Waals surface area contributed by atoms with E-state index in [1.165, 1.54) is 23.4 Å². The van der Waals surface area contributed by atoms with Crippen LogP contribution in [-0.2, 0) is 16.6 Å². The number of rotatable bonds is 3. The molecule has 0 unspecified atom stereocenters. The predicted molar refractivity (Wildman–Crippen MR) is 56.9 cm³/mol. The number of nitrogens with two attached hydrogens (primary N) is 1. The highest BCUT2D eigenvalue weighted by Crippen LogP contribution is 2.14. The second kappa shape index (κ2) is 4.03. The van der Waals surface area contributed by atoms with Crippen molar-refractivity contribution in [3.63, 3.8) is 0 Å². The summed E-state index contributed by atoms with van der Waals surface area (Å²) in [4.78, 5) is 3.90. The summed E-state index contributed by atoms with van der Waals surface area (Å²) in [6.45, 7) is 0.326. The van der Waals surface area contributed by atoms with E-state index >= 15 is 0 Å². The number of hydrogen-bond donors (Lipinski definition) is 1. The summed E-state index contributed by atoms with van der Waals surface area (Å²) in [5, 5.41) is 9.02. The molecule has 0 radical (unpaired) electrons. The molecule has 0 aliphatic rings. The predicted octanol–water partition coefficient (Wildman–Crippen LogP) is -0.0262. The number of hydrogen-bond acceptors (Lipinski definition) is 4. The minimum atomic E-state index is -3.70. The average Bonchev–Trinajstić information content (AvgIpc) is 2.70. The summed E-state index contributed by atoms with van der Waals surface area (Å²) in [7, 11) is -3.70. The Hall–Kier alpha value is -1.73. The molecule has 7 heteroatoms. The zero-order valence-electron chi connectivity index (χ0n) is 8.31. The van der Waals surface area contributed by atoms with Crippen LogP contribution in [0.25, 0.3) is 0 Å². The van der Waals surface area contributed by atoms with Crippen LogP contribution in [-0.4, -0.2) is 23.2 Å². The Labute approximate surface area is 92.8 Å². The van der Waals surface area contributed by atoms with Gasteiger partial charge in [0.1, 0.15) is 12.7 Å². The van der Waals surface area contributed by atoms with Crippen LogP contribution in [0.1, 0.15) is 5.56 Å². The molecule has 2 rings (SSSR count). The van der Waals surface area contributed by atoms with Gasteiger partial charge >= 0.3 is 0 Å². The van der Waals surface area contributed by atoms with Gasteiger partial charge in [0.15, 0.2) is 0 Å². The van der Waals surface area contributed by atoms with Crippen LogP contribution in [0.5, 0.6) is 0 Å². The Balaban J connectivity index is 2.42. The molecule has 6 nitrogen and oxygen atoms in total. The van der Waals surface area contributed by atoms with Crippen LogP contribution < -0.4 is 5.14 Å². The Morgan fingerprint density at radius 2 is 2.06 bits per heavy atom. The quantitative estimate of drug-likeness (QED) is 0.813. The Bertz CT molecular complexity index is 577. The van der Waals surface area contributed by atoms with Crippen molar-refractivity contribution >= 4 is 10.0 Å². The lowest BCUT2D eigenvalue weighted by Crippen LogP contribution is -2.15. The summed E-state index contributed by atoms with van der Waals surface area (Å²) >= 11 is 0. The fourth-order valence-electron chi connectivity index (χ4n) is 1.40. The van der Waals surface area contributed by atoms with Crippen molar-refractivity contribution in [2.24, 2.45) is 5.14 Å². The summed E-state index contributed by atoms with van der Waals surface area (Å²) in [5.74, 6) is 0. The van der Waals surface area contributed by atoms with E-state index in [0.717, 1.165) is 0 Å². The van der Waals surface area contributed by atoms with Gasteiger partial charge in [-0.15, -0.1) is 0 Å². The first kappa shape index (κ1) is 10.8. The minimum absolute atomic E-state index is 0.116. The normalized spacial score (nSPS) is 11.6. The molecule has 1 heterocycles. The van der Waals surface area contributed by atoms with Crippen LogP contribution in [0.2, 0.25) is 0 Å². The molecule has 0 spiro atoms. The summed E-state index contributed by atoms with van der Waals surface area (Å²) in [6.07, 6.45) is 2.90. The van der Waals surface area contributed by atoms with Crippen LogP contribution in [0, 0.1) is 0 Å². The molecule has 0 bridgehead atoms. The van der Waals surface area contributed by atoms with Gasteiger partial charge in [-0.1, -0.05) is 18.2 Å². The Kier molecular flexibility index (Phi) is 2.71. The van der Waals surface area contributed by atoms with Crippen LogP contribution in [0.4, 0.5) is 0 Å². The standard InChI is InChI=1S/C9H10N4O2S/c10-16(14,15)9-4-2-1-3-8(9)5-13-7-11-6-12-13/h1-4,6-7H,5H2,(H2,10,14,15). The second-order valence-electron chi connectivity index (χ2n) is 3.25. The highest BCUT2D eigenvalue weighted by molar-refractivity contribution is 7.89. The molecule has 0 aliphatic heterocycles. The van der Waals surface area contributed by atoms with Gasteiger partial charge in [-0.25, -0.2) is 23.2 Å². The van der Waals surface area contributed by atoms with E-state index in [-0.39, 0.29) is 4.90 Å². The summed E-state index contributed by atoms with van der Waals surface area (Å²) in [5.41, 5.74) is 0.593. The lowest BCUT2D eigenvalue weighted by Gasteiger charge is -2.06. The molecule has 2 N–H and O–H groups in total. The largest absolute Gasteiger partial charge is 0.249 e. The highest BCUT2D eigenvalue weighted by Gasteiger charge is 2.13. The monoisotopic (exact) mass is 238 g/mol. The number of nitrogens with zero attached hydrogens (tertiary/aromatic N) is 3. The number of aromatic nitrogens is 3. The molecule has 0 saturated heterocycles. The molecule has 0 fully saturated rings. The summed E-state index contributed by atoms with van der Waals surface area (Å²) in [6, 6.07) is 6.55. The molecule has 16 heavy (non-hydrogen) atoms. The second-order valence-corrected chi connectivity index (χ2v) is 4.78. The van der Waals surface area contributed by atoms with Crippen LogP contribution >= 0.6 is 0 Å². The smallest absolute Gasteiger partial charge is 0.238 e. The third kappa shape index (κ3) is 2.26. The molecule has 0 saturated carbocycles. The van der Waals surface area contributed by atoms with Crippen molar-refractivity contribution in [1.29, 1.82) is 0 Å². The van der Waals surface area contributed by atoms with Crippen molar-refractivity contribution in [3.05, 3.63) is 42.5 Å². The van der Waals surface area contributed by atoms with Gasteiger partial charge in [-0.3, -0.25) is 0 Å². The Morgan fingerprint density at radius 1 is 1.31 bits per heavy atom. The highest BCUT2D eigenvalue weighted by atomic mass is 32.2. The SMILES string of the molecule is NS(=O)(=O)c1ccccc1Cn1cncn1. The fourth-order valence-corrected chi connectivity index (χ4v) is 2.17. The maximum atomic E-state index is 11.3. The van der Waals surface area contributed by atoms with E-state index in [1.54, 1.807) is 18.2 Å². The third-order valence-corrected chi connectivity index (χ3v) is 3.09. The van der Waals surface area contributed by atoms with Gasteiger partial charge < -0.3 is 0 Å². The van der Waals surface area contributed by atoms with Gasteiger partial charge in [-0.05, 0) is 11.6 Å². The van der Waals surface area contributed by atoms with Crippen LogP contribution in [0.3, 0.4) is 0 Å². The zero-order valence-corrected chi connectivity index (χ0v) is 9.13. The maximum absolute atomic E-state index is 11.3. The first-order chi connectivity index (χ1) is 7.57. The van der Waals surface area contributed by atoms with E-state index in [4.69, 9.17) is 5.14 Å². The number of benzene rings is 1. The zero-order chi connectivity index (χ0) is 11.6. The van der Waals surface area contributed by atoms with E-state index in [2.05, 4.69) is 10.1 Å². The molecule has 1 aromatic heterocycles. The number of sulfonamides is 1. The molecule has 84 valence electrons. The minimum Gasteiger partial charge on any atom is -0.249 e. The van der Waals surface area contributed by atoms with Crippen molar-refractivity contribution in [2.45, 2.75) is 11.4 Å². The molecular formula is C9H10N4O2S. The molecular weight excluding hydrogens is 228 g/mol. The average molecular weight is 238 g/mol. The lowest BCUT2D eigenvalue weighted by atomic mass is 10.2. The molecule has 0 aliphatic carbocycles.